The Hall–Kier alpha value is -4.54. The first-order valence-electron chi connectivity index (χ1n) is 40.8. The van der Waals surface area contributed by atoms with Crippen molar-refractivity contribution in [2.75, 3.05) is 39.6 Å². The Kier molecular flexibility index (Phi) is 73.3. The van der Waals surface area contributed by atoms with Gasteiger partial charge in [0.05, 0.1) is 26.4 Å². The topological polar surface area (TPSA) is 237 Å². The summed E-state index contributed by atoms with van der Waals surface area (Å²) >= 11 is 0. The number of carbonyl (C=O) groups excluding carboxylic acids is 4. The van der Waals surface area contributed by atoms with Gasteiger partial charge in [-0.15, -0.1) is 0 Å². The predicted molar refractivity (Wildman–Crippen MR) is 427 cm³/mol. The van der Waals surface area contributed by atoms with Gasteiger partial charge in [0.25, 0.3) is 0 Å². The molecule has 17 nitrogen and oxygen atoms in total. The number of allylic oxidation sites excluding steroid dienone is 20. The minimum absolute atomic E-state index is 0.0501. The Morgan fingerprint density at radius 1 is 0.279 bits per heavy atom. The maximum atomic E-state index is 13.1. The predicted octanol–water partition coefficient (Wildman–Crippen LogP) is 23.9. The van der Waals surface area contributed by atoms with Crippen molar-refractivity contribution in [2.24, 2.45) is 0 Å². The van der Waals surface area contributed by atoms with Crippen LogP contribution in [-0.2, 0) is 65.4 Å². The van der Waals surface area contributed by atoms with Crippen LogP contribution in [0.15, 0.2) is 122 Å². The fourth-order valence-electron chi connectivity index (χ4n) is 10.7. The van der Waals surface area contributed by atoms with Crippen LogP contribution in [0, 0.1) is 0 Å². The third-order valence-electron chi connectivity index (χ3n) is 16.9. The quantitative estimate of drug-likeness (QED) is 0.0169. The summed E-state index contributed by atoms with van der Waals surface area (Å²) in [4.78, 5) is 73.1. The molecule has 0 saturated carbocycles. The van der Waals surface area contributed by atoms with Gasteiger partial charge >= 0.3 is 39.5 Å². The minimum Gasteiger partial charge on any atom is -0.462 e. The number of aliphatic hydroxyl groups is 1. The van der Waals surface area contributed by atoms with E-state index in [1.165, 1.54) is 77.0 Å². The van der Waals surface area contributed by atoms with E-state index in [9.17, 15) is 43.2 Å². The minimum atomic E-state index is -4.99. The van der Waals surface area contributed by atoms with Crippen LogP contribution in [0.5, 0.6) is 0 Å². The molecule has 5 atom stereocenters. The SMILES string of the molecule is CC/C=C\C/C=C\C/C=C\C/C=C\C/C=C\CCCCCC(=O)O[C@H](COC(=O)CCCCCCC/C=C\C/C=C\CCCCC)COP(=O)(O)OC[C@@H](O)COP(=O)(O)OC[C@@H](COC(=O)CCCCCCC/C=C\CCCCCCCC)OC(=O)CCCCCCC/C=C\C/C=C\CCCCC. The Labute approximate surface area is 632 Å². The van der Waals surface area contributed by atoms with Gasteiger partial charge in [0.2, 0.25) is 0 Å². The van der Waals surface area contributed by atoms with Gasteiger partial charge in [0, 0.05) is 25.7 Å². The molecule has 0 amide bonds. The van der Waals surface area contributed by atoms with Gasteiger partial charge in [0.1, 0.15) is 19.3 Å². The lowest BCUT2D eigenvalue weighted by molar-refractivity contribution is -0.161. The fraction of sp³-hybridized carbons (Fsp3) is 0.718. The van der Waals surface area contributed by atoms with Crippen molar-refractivity contribution < 1.29 is 80.2 Å². The molecule has 0 heterocycles. The highest BCUT2D eigenvalue weighted by molar-refractivity contribution is 7.47. The Bertz CT molecular complexity index is 2440. The molecule has 0 bridgehead atoms. The van der Waals surface area contributed by atoms with Crippen LogP contribution < -0.4 is 0 Å². The largest absolute Gasteiger partial charge is 0.472 e. The molecule has 0 aromatic heterocycles. The van der Waals surface area contributed by atoms with E-state index in [-0.39, 0.29) is 25.7 Å². The highest BCUT2D eigenvalue weighted by Crippen LogP contribution is 2.45. The molecule has 0 fully saturated rings. The number of carbonyl (C=O) groups is 4. The molecule has 0 aliphatic heterocycles. The third-order valence-corrected chi connectivity index (χ3v) is 18.8. The maximum absolute atomic E-state index is 13.1. The van der Waals surface area contributed by atoms with Crippen molar-refractivity contribution in [3.63, 3.8) is 0 Å². The average molecular weight is 1500 g/mol. The van der Waals surface area contributed by atoms with Gasteiger partial charge in [-0.3, -0.25) is 37.3 Å². The summed E-state index contributed by atoms with van der Waals surface area (Å²) in [5.74, 6) is -2.24. The second-order valence-electron chi connectivity index (χ2n) is 27.0. The van der Waals surface area contributed by atoms with Crippen LogP contribution in [0.1, 0.15) is 336 Å². The Balaban J connectivity index is 5.43. The van der Waals surface area contributed by atoms with E-state index in [1.807, 2.05) is 0 Å². The first-order valence-corrected chi connectivity index (χ1v) is 43.8. The summed E-state index contributed by atoms with van der Waals surface area (Å²) in [6.07, 6.45) is 84.5. The smallest absolute Gasteiger partial charge is 0.462 e. The Morgan fingerprint density at radius 2 is 0.500 bits per heavy atom. The van der Waals surface area contributed by atoms with Crippen LogP contribution >= 0.6 is 15.6 Å². The molecule has 0 spiro atoms. The molecule has 0 aliphatic carbocycles. The molecule has 0 aliphatic rings. The molecule has 2 unspecified atom stereocenters. The average Bonchev–Trinajstić information content (AvgIpc) is 0.943. The molecule has 0 radical (unpaired) electrons. The van der Waals surface area contributed by atoms with E-state index in [2.05, 4.69) is 149 Å². The van der Waals surface area contributed by atoms with E-state index >= 15 is 0 Å². The lowest BCUT2D eigenvalue weighted by Gasteiger charge is -2.21. The van der Waals surface area contributed by atoms with Crippen LogP contribution in [-0.4, -0.2) is 96.7 Å². The standard InChI is InChI=1S/C85H146O17P2/c1-5-9-13-17-21-25-29-33-37-38-39-40-44-48-52-56-60-64-68-72-85(90)102-81(76-96-83(88)70-66-62-58-54-50-46-42-35-31-27-23-19-15-11-7-3)78-100-104(93,94)98-74-79(86)73-97-103(91,92)99-77-80(101-84(89)71-67-63-59-55-51-47-43-36-32-28-24-20-16-12-8-4)75-95-82(87)69-65-61-57-53-49-45-41-34-30-26-22-18-14-10-6-2/h9,13,21,23-25,27-28,33-37,39-43,48,52,79-81,86H,5-8,10-12,14-20,22,26,29-32,38,44-47,49-51,53-78H2,1-4H3,(H,91,92)(H,93,94)/b13-9-,25-21-,27-23-,28-24-,37-33-,40-39-,41-34-,42-35-,43-36-,52-48-/t79-,80+,81+/m0/s1. The summed E-state index contributed by atoms with van der Waals surface area (Å²) in [6, 6.07) is 0. The van der Waals surface area contributed by atoms with Gasteiger partial charge in [0.15, 0.2) is 12.2 Å². The second kappa shape index (κ2) is 76.6. The molecule has 0 aromatic carbocycles. The number of hydrogen-bond donors (Lipinski definition) is 3. The van der Waals surface area contributed by atoms with E-state index in [4.69, 9.17) is 37.0 Å². The summed E-state index contributed by atoms with van der Waals surface area (Å²) in [5, 5.41) is 10.6. The highest BCUT2D eigenvalue weighted by Gasteiger charge is 2.30. The number of unbranched alkanes of at least 4 members (excludes halogenated alkanes) is 30. The maximum Gasteiger partial charge on any atom is 0.472 e. The molecule has 0 aromatic rings. The zero-order valence-electron chi connectivity index (χ0n) is 65.4. The van der Waals surface area contributed by atoms with Crippen LogP contribution in [0.25, 0.3) is 0 Å². The Morgan fingerprint density at radius 3 is 0.808 bits per heavy atom. The number of phosphoric acid groups is 2. The van der Waals surface area contributed by atoms with Crippen molar-refractivity contribution in [3.05, 3.63) is 122 Å². The molecule has 3 N–H and O–H groups in total. The number of aliphatic hydroxyl groups excluding tert-OH is 1. The zero-order chi connectivity index (χ0) is 76.0. The van der Waals surface area contributed by atoms with E-state index in [0.29, 0.717) is 25.7 Å². The lowest BCUT2D eigenvalue weighted by Crippen LogP contribution is -2.30. The van der Waals surface area contributed by atoms with Gasteiger partial charge in [-0.05, 0) is 161 Å². The van der Waals surface area contributed by atoms with Gasteiger partial charge in [-0.2, -0.15) is 0 Å². The van der Waals surface area contributed by atoms with Crippen molar-refractivity contribution in [3.8, 4) is 0 Å². The molecular weight excluding hydrogens is 1350 g/mol. The van der Waals surface area contributed by atoms with Crippen molar-refractivity contribution in [1.82, 2.24) is 0 Å². The lowest BCUT2D eigenvalue weighted by atomic mass is 10.1. The number of ether oxygens (including phenoxy) is 4. The van der Waals surface area contributed by atoms with Crippen LogP contribution in [0.2, 0.25) is 0 Å². The zero-order valence-corrected chi connectivity index (χ0v) is 67.2. The third kappa shape index (κ3) is 75.7. The number of phosphoric ester groups is 2. The van der Waals surface area contributed by atoms with Crippen molar-refractivity contribution >= 4 is 39.5 Å². The highest BCUT2D eigenvalue weighted by atomic mass is 31.2. The van der Waals surface area contributed by atoms with Crippen molar-refractivity contribution in [2.45, 2.75) is 354 Å². The molecule has 598 valence electrons. The fourth-order valence-corrected chi connectivity index (χ4v) is 12.2. The number of rotatable bonds is 76. The first-order chi connectivity index (χ1) is 50.7. The van der Waals surface area contributed by atoms with Gasteiger partial charge in [-0.1, -0.05) is 271 Å². The number of hydrogen-bond acceptors (Lipinski definition) is 15. The molecule has 0 saturated heterocycles. The first kappa shape index (κ1) is 99.5. The summed E-state index contributed by atoms with van der Waals surface area (Å²) in [5.41, 5.74) is 0. The molecule has 0 rings (SSSR count). The van der Waals surface area contributed by atoms with E-state index < -0.39 is 97.5 Å². The molecular formula is C85H146O17P2. The van der Waals surface area contributed by atoms with E-state index in [0.717, 1.165) is 180 Å². The summed E-state index contributed by atoms with van der Waals surface area (Å²) in [7, 11) is -9.98. The van der Waals surface area contributed by atoms with Crippen molar-refractivity contribution in [1.29, 1.82) is 0 Å². The molecule has 104 heavy (non-hydrogen) atoms. The number of esters is 4. The molecule has 19 heteroatoms. The second-order valence-corrected chi connectivity index (χ2v) is 29.9. The van der Waals surface area contributed by atoms with Gasteiger partial charge < -0.3 is 33.8 Å². The normalized spacial score (nSPS) is 14.5. The van der Waals surface area contributed by atoms with Gasteiger partial charge in [-0.25, -0.2) is 9.13 Å². The monoisotopic (exact) mass is 1500 g/mol. The van der Waals surface area contributed by atoms with Crippen LogP contribution in [0.4, 0.5) is 0 Å². The van der Waals surface area contributed by atoms with Crippen LogP contribution in [0.3, 0.4) is 0 Å². The summed E-state index contributed by atoms with van der Waals surface area (Å²) in [6.45, 7) is 4.65. The van der Waals surface area contributed by atoms with E-state index in [1.54, 1.807) is 0 Å². The summed E-state index contributed by atoms with van der Waals surface area (Å²) < 4.78 is 68.6.